The summed E-state index contributed by atoms with van der Waals surface area (Å²) in [6.07, 6.45) is 0.708. The van der Waals surface area contributed by atoms with Crippen molar-refractivity contribution in [1.82, 2.24) is 10.6 Å². The average molecular weight is 244 g/mol. The lowest BCUT2D eigenvalue weighted by atomic mass is 9.98. The third-order valence-electron chi connectivity index (χ3n) is 2.58. The minimum atomic E-state index is -1.11. The fourth-order valence-corrected chi connectivity index (χ4v) is 1.29. The molecule has 6 heteroatoms. The summed E-state index contributed by atoms with van der Waals surface area (Å²) in [7, 11) is 0. The van der Waals surface area contributed by atoms with Crippen molar-refractivity contribution in [2.45, 2.75) is 46.2 Å². The quantitative estimate of drug-likeness (QED) is 0.618. The number of carboxylic acids is 1. The molecule has 0 aliphatic carbocycles. The average Bonchev–Trinajstić information content (AvgIpc) is 2.24. The van der Waals surface area contributed by atoms with Crippen molar-refractivity contribution < 1.29 is 19.5 Å². The van der Waals surface area contributed by atoms with E-state index in [0.717, 1.165) is 0 Å². The molecule has 0 fully saturated rings. The lowest BCUT2D eigenvalue weighted by Gasteiger charge is -2.23. The van der Waals surface area contributed by atoms with Crippen LogP contribution in [0.15, 0.2) is 0 Å². The molecule has 0 heterocycles. The van der Waals surface area contributed by atoms with Gasteiger partial charge in [-0.15, -0.1) is 0 Å². The predicted molar refractivity (Wildman–Crippen MR) is 62.3 cm³/mol. The topological polar surface area (TPSA) is 95.5 Å². The maximum atomic E-state index is 11.8. The van der Waals surface area contributed by atoms with Crippen molar-refractivity contribution in [2.24, 2.45) is 5.92 Å². The zero-order valence-corrected chi connectivity index (χ0v) is 10.6. The van der Waals surface area contributed by atoms with Crippen LogP contribution in [0.25, 0.3) is 0 Å². The first-order valence-electron chi connectivity index (χ1n) is 5.59. The van der Waals surface area contributed by atoms with Gasteiger partial charge in [-0.2, -0.15) is 0 Å². The highest BCUT2D eigenvalue weighted by molar-refractivity contribution is 5.89. The Hall–Kier alpha value is -1.59. The van der Waals surface area contributed by atoms with E-state index in [1.54, 1.807) is 0 Å². The van der Waals surface area contributed by atoms with Crippen molar-refractivity contribution in [1.29, 1.82) is 0 Å². The summed E-state index contributed by atoms with van der Waals surface area (Å²) < 4.78 is 0. The van der Waals surface area contributed by atoms with E-state index in [-0.39, 0.29) is 11.8 Å². The van der Waals surface area contributed by atoms with Gasteiger partial charge in [0.05, 0.1) is 0 Å². The molecule has 0 unspecified atom stereocenters. The van der Waals surface area contributed by atoms with Crippen LogP contribution >= 0.6 is 0 Å². The zero-order chi connectivity index (χ0) is 13.6. The van der Waals surface area contributed by atoms with Gasteiger partial charge in [0.25, 0.3) is 0 Å². The molecule has 98 valence electrons. The minimum absolute atomic E-state index is 0.0557. The molecule has 2 amide bonds. The smallest absolute Gasteiger partial charge is 0.325 e. The maximum absolute atomic E-state index is 11.8. The molecule has 0 aliphatic rings. The van der Waals surface area contributed by atoms with E-state index in [9.17, 15) is 14.4 Å². The fraction of sp³-hybridized carbons (Fsp3) is 0.727. The molecule has 0 saturated carbocycles. The third-order valence-corrected chi connectivity index (χ3v) is 2.58. The van der Waals surface area contributed by atoms with E-state index in [1.165, 1.54) is 13.8 Å². The second kappa shape index (κ2) is 6.88. The van der Waals surface area contributed by atoms with Gasteiger partial charge >= 0.3 is 5.97 Å². The first-order valence-corrected chi connectivity index (χ1v) is 5.59. The van der Waals surface area contributed by atoms with Crippen molar-refractivity contribution >= 4 is 17.8 Å². The number of hydrogen-bond donors (Lipinski definition) is 3. The molecule has 0 aromatic heterocycles. The Labute approximate surface area is 101 Å². The SMILES string of the molecule is CC[C@H](C)[C@H](NC(C)=O)C(=O)N[C@@H](C)C(=O)O. The van der Waals surface area contributed by atoms with Gasteiger partial charge in [-0.3, -0.25) is 14.4 Å². The molecule has 0 radical (unpaired) electrons. The Morgan fingerprint density at radius 3 is 2.06 bits per heavy atom. The van der Waals surface area contributed by atoms with Crippen LogP contribution in [0.2, 0.25) is 0 Å². The highest BCUT2D eigenvalue weighted by atomic mass is 16.4. The normalized spacial score (nSPS) is 15.5. The first kappa shape index (κ1) is 15.4. The molecule has 0 aromatic rings. The third kappa shape index (κ3) is 5.33. The number of amides is 2. The monoisotopic (exact) mass is 244 g/mol. The fourth-order valence-electron chi connectivity index (χ4n) is 1.29. The summed E-state index contributed by atoms with van der Waals surface area (Å²) in [5.41, 5.74) is 0. The molecular weight excluding hydrogens is 224 g/mol. The molecule has 0 saturated heterocycles. The van der Waals surface area contributed by atoms with Crippen LogP contribution < -0.4 is 10.6 Å². The lowest BCUT2D eigenvalue weighted by Crippen LogP contribution is -2.53. The van der Waals surface area contributed by atoms with Gasteiger partial charge in [-0.1, -0.05) is 20.3 Å². The Bertz CT molecular complexity index is 304. The Morgan fingerprint density at radius 1 is 1.18 bits per heavy atom. The molecule has 3 atom stereocenters. The summed E-state index contributed by atoms with van der Waals surface area (Å²) in [6, 6.07) is -1.66. The van der Waals surface area contributed by atoms with Gasteiger partial charge in [0.1, 0.15) is 12.1 Å². The maximum Gasteiger partial charge on any atom is 0.325 e. The van der Waals surface area contributed by atoms with Gasteiger partial charge < -0.3 is 15.7 Å². The van der Waals surface area contributed by atoms with Crippen molar-refractivity contribution in [3.63, 3.8) is 0 Å². The second-order valence-corrected chi connectivity index (χ2v) is 4.13. The van der Waals surface area contributed by atoms with E-state index < -0.39 is 24.0 Å². The molecule has 0 rings (SSSR count). The first-order chi connectivity index (χ1) is 7.79. The minimum Gasteiger partial charge on any atom is -0.480 e. The van der Waals surface area contributed by atoms with Gasteiger partial charge in [0.15, 0.2) is 0 Å². The largest absolute Gasteiger partial charge is 0.480 e. The summed E-state index contributed by atoms with van der Waals surface area (Å²) in [5.74, 6) is -1.94. The lowest BCUT2D eigenvalue weighted by molar-refractivity contribution is -0.142. The molecule has 3 N–H and O–H groups in total. The van der Waals surface area contributed by atoms with Crippen LogP contribution in [0, 0.1) is 5.92 Å². The van der Waals surface area contributed by atoms with Gasteiger partial charge in [-0.25, -0.2) is 0 Å². The van der Waals surface area contributed by atoms with Crippen LogP contribution in [0.1, 0.15) is 34.1 Å². The number of carbonyl (C=O) groups excluding carboxylic acids is 2. The predicted octanol–water partition coefficient (Wildman–Crippen LogP) is 0.127. The molecule has 6 nitrogen and oxygen atoms in total. The van der Waals surface area contributed by atoms with Crippen molar-refractivity contribution in [3.8, 4) is 0 Å². The summed E-state index contributed by atoms with van der Waals surface area (Å²) >= 11 is 0. The van der Waals surface area contributed by atoms with Crippen LogP contribution in [-0.4, -0.2) is 35.0 Å². The van der Waals surface area contributed by atoms with Crippen LogP contribution in [0.3, 0.4) is 0 Å². The molecular formula is C11H20N2O4. The Kier molecular flexibility index (Phi) is 6.23. The van der Waals surface area contributed by atoms with E-state index >= 15 is 0 Å². The van der Waals surface area contributed by atoms with E-state index in [0.29, 0.717) is 6.42 Å². The molecule has 0 aliphatic heterocycles. The zero-order valence-electron chi connectivity index (χ0n) is 10.6. The molecule has 17 heavy (non-hydrogen) atoms. The van der Waals surface area contributed by atoms with Crippen LogP contribution in [-0.2, 0) is 14.4 Å². The molecule has 0 bridgehead atoms. The second-order valence-electron chi connectivity index (χ2n) is 4.13. The highest BCUT2D eigenvalue weighted by Crippen LogP contribution is 2.08. The van der Waals surface area contributed by atoms with Crippen molar-refractivity contribution in [3.05, 3.63) is 0 Å². The molecule has 0 aromatic carbocycles. The summed E-state index contributed by atoms with van der Waals surface area (Å²) in [5, 5.41) is 13.6. The number of nitrogens with one attached hydrogen (secondary N) is 2. The van der Waals surface area contributed by atoms with E-state index in [2.05, 4.69) is 10.6 Å². The van der Waals surface area contributed by atoms with Gasteiger partial charge in [0.2, 0.25) is 11.8 Å². The number of hydrogen-bond acceptors (Lipinski definition) is 3. The molecule has 0 spiro atoms. The number of carbonyl (C=O) groups is 3. The van der Waals surface area contributed by atoms with Crippen LogP contribution in [0.4, 0.5) is 0 Å². The number of aliphatic carboxylic acids is 1. The van der Waals surface area contributed by atoms with Crippen LogP contribution in [0.5, 0.6) is 0 Å². The number of rotatable bonds is 6. The Balaban J connectivity index is 4.63. The van der Waals surface area contributed by atoms with Crippen molar-refractivity contribution in [2.75, 3.05) is 0 Å². The van der Waals surface area contributed by atoms with Gasteiger partial charge in [-0.05, 0) is 12.8 Å². The van der Waals surface area contributed by atoms with Gasteiger partial charge in [0, 0.05) is 6.92 Å². The summed E-state index contributed by atoms with van der Waals surface area (Å²) in [6.45, 7) is 6.42. The standard InChI is InChI=1S/C11H20N2O4/c1-5-6(2)9(13-8(4)14)10(15)12-7(3)11(16)17/h6-7,9H,5H2,1-4H3,(H,12,15)(H,13,14)(H,16,17)/t6-,7-,9-/m0/s1. The highest BCUT2D eigenvalue weighted by Gasteiger charge is 2.27. The van der Waals surface area contributed by atoms with E-state index in [4.69, 9.17) is 5.11 Å². The summed E-state index contributed by atoms with van der Waals surface area (Å²) in [4.78, 5) is 33.4. The number of carboxylic acid groups (broad SMARTS) is 1. The van der Waals surface area contributed by atoms with E-state index in [1.807, 2.05) is 13.8 Å². The Morgan fingerprint density at radius 2 is 1.71 bits per heavy atom.